The molecule has 0 bridgehead atoms. The molecule has 2 aromatic carbocycles. The molecule has 0 aliphatic carbocycles. The van der Waals surface area contributed by atoms with Crippen LogP contribution >= 0.6 is 23.1 Å². The third-order valence-electron chi connectivity index (χ3n) is 5.14. The maximum Gasteiger partial charge on any atom is 0.263 e. The number of methoxy groups -OCH3 is 1. The molecule has 0 radical (unpaired) electrons. The second kappa shape index (κ2) is 9.40. The van der Waals surface area contributed by atoms with Crippen molar-refractivity contribution in [1.29, 1.82) is 0 Å². The third-order valence-corrected chi connectivity index (χ3v) is 7.37. The fourth-order valence-corrected chi connectivity index (χ4v) is 6.05. The summed E-state index contributed by atoms with van der Waals surface area (Å²) in [4.78, 5) is 3.07. The van der Waals surface area contributed by atoms with E-state index in [2.05, 4.69) is 30.4 Å². The molecule has 162 valence electrons. The van der Waals surface area contributed by atoms with E-state index < -0.39 is 13.3 Å². The Bertz CT molecular complexity index is 1170. The SMILES string of the molecule is COc1ccc2c(c1)N(CCF)/C(=C/C(C)=C/c1sc3ccc(C)cc3[n+]1CCF)S2. The Kier molecular flexibility index (Phi) is 6.62. The Morgan fingerprint density at radius 2 is 2.00 bits per heavy atom. The van der Waals surface area contributed by atoms with E-state index in [0.29, 0.717) is 6.54 Å². The van der Waals surface area contributed by atoms with Crippen molar-refractivity contribution < 1.29 is 18.1 Å². The highest BCUT2D eigenvalue weighted by Crippen LogP contribution is 2.47. The van der Waals surface area contributed by atoms with Gasteiger partial charge in [-0.3, -0.25) is 0 Å². The Morgan fingerprint density at radius 1 is 1.16 bits per heavy atom. The van der Waals surface area contributed by atoms with Gasteiger partial charge in [0, 0.05) is 23.1 Å². The molecule has 4 rings (SSSR count). The number of aromatic nitrogens is 1. The second-order valence-corrected chi connectivity index (χ2v) is 9.52. The lowest BCUT2D eigenvalue weighted by molar-refractivity contribution is -0.668. The first-order valence-corrected chi connectivity index (χ1v) is 11.8. The van der Waals surface area contributed by atoms with Gasteiger partial charge in [-0.05, 0) is 49.3 Å². The number of thiazole rings is 1. The average molecular weight is 460 g/mol. The Balaban J connectivity index is 1.71. The van der Waals surface area contributed by atoms with Gasteiger partial charge >= 0.3 is 0 Å². The molecule has 31 heavy (non-hydrogen) atoms. The molecule has 0 fully saturated rings. The number of anilines is 1. The topological polar surface area (TPSA) is 16.4 Å². The summed E-state index contributed by atoms with van der Waals surface area (Å²) in [7, 11) is 1.63. The van der Waals surface area contributed by atoms with Crippen molar-refractivity contribution in [3.05, 3.63) is 63.6 Å². The highest BCUT2D eigenvalue weighted by molar-refractivity contribution is 8.03. The molecule has 0 saturated heterocycles. The maximum atomic E-state index is 13.3. The number of alkyl halides is 2. The van der Waals surface area contributed by atoms with E-state index in [9.17, 15) is 8.78 Å². The third kappa shape index (κ3) is 4.48. The van der Waals surface area contributed by atoms with E-state index in [4.69, 9.17) is 4.74 Å². The number of nitrogens with zero attached hydrogens (tertiary/aromatic N) is 2. The van der Waals surface area contributed by atoms with Crippen LogP contribution in [0.5, 0.6) is 5.75 Å². The predicted molar refractivity (Wildman–Crippen MR) is 127 cm³/mol. The van der Waals surface area contributed by atoms with Gasteiger partial charge in [0.25, 0.3) is 5.01 Å². The summed E-state index contributed by atoms with van der Waals surface area (Å²) in [6.45, 7) is 3.83. The quantitative estimate of drug-likeness (QED) is 0.386. The molecular formula is C24H25F2N2OS2+. The van der Waals surface area contributed by atoms with Crippen LogP contribution in [0, 0.1) is 6.92 Å². The number of rotatable bonds is 7. The zero-order chi connectivity index (χ0) is 22.0. The molecule has 2 heterocycles. The first-order valence-electron chi connectivity index (χ1n) is 10.1. The van der Waals surface area contributed by atoms with Crippen LogP contribution in [-0.4, -0.2) is 27.0 Å². The number of benzene rings is 2. The van der Waals surface area contributed by atoms with Gasteiger partial charge in [0.15, 0.2) is 6.54 Å². The van der Waals surface area contributed by atoms with Crippen LogP contribution in [0.15, 0.2) is 58.0 Å². The number of allylic oxidation sites excluding steroid dienone is 2. The van der Waals surface area contributed by atoms with E-state index in [0.717, 1.165) is 47.7 Å². The molecule has 1 aliphatic heterocycles. The summed E-state index contributed by atoms with van der Waals surface area (Å²) in [6.07, 6.45) is 4.16. The first kappa shape index (κ1) is 21.8. The van der Waals surface area contributed by atoms with Crippen molar-refractivity contribution in [2.24, 2.45) is 0 Å². The summed E-state index contributed by atoms with van der Waals surface area (Å²) in [5.41, 5.74) is 4.21. The molecule has 1 aromatic heterocycles. The van der Waals surface area contributed by atoms with E-state index in [1.54, 1.807) is 30.2 Å². The van der Waals surface area contributed by atoms with Crippen molar-refractivity contribution in [1.82, 2.24) is 0 Å². The van der Waals surface area contributed by atoms with Crippen molar-refractivity contribution in [2.45, 2.75) is 25.3 Å². The molecule has 3 aromatic rings. The van der Waals surface area contributed by atoms with Crippen LogP contribution in [0.25, 0.3) is 16.3 Å². The smallest absolute Gasteiger partial charge is 0.263 e. The van der Waals surface area contributed by atoms with Gasteiger partial charge in [-0.1, -0.05) is 29.2 Å². The van der Waals surface area contributed by atoms with Gasteiger partial charge in [-0.15, -0.1) is 0 Å². The molecule has 0 unspecified atom stereocenters. The molecule has 3 nitrogen and oxygen atoms in total. The minimum absolute atomic E-state index is 0.288. The van der Waals surface area contributed by atoms with Crippen LogP contribution in [-0.2, 0) is 6.54 Å². The predicted octanol–water partition coefficient (Wildman–Crippen LogP) is 6.30. The summed E-state index contributed by atoms with van der Waals surface area (Å²) in [5.74, 6) is 0.754. The molecule has 7 heteroatoms. The number of hydrogen-bond donors (Lipinski definition) is 0. The highest BCUT2D eigenvalue weighted by Gasteiger charge is 2.26. The summed E-state index contributed by atoms with van der Waals surface area (Å²) in [6, 6.07) is 12.1. The zero-order valence-corrected chi connectivity index (χ0v) is 19.5. The summed E-state index contributed by atoms with van der Waals surface area (Å²) >= 11 is 3.28. The van der Waals surface area contributed by atoms with Crippen molar-refractivity contribution >= 4 is 45.1 Å². The van der Waals surface area contributed by atoms with Gasteiger partial charge < -0.3 is 9.64 Å². The normalized spacial score (nSPS) is 15.2. The first-order chi connectivity index (χ1) is 15.0. The van der Waals surface area contributed by atoms with Crippen LogP contribution in [0.2, 0.25) is 0 Å². The number of ether oxygens (including phenoxy) is 1. The lowest BCUT2D eigenvalue weighted by Crippen LogP contribution is -2.36. The second-order valence-electron chi connectivity index (χ2n) is 7.40. The number of aryl methyl sites for hydroxylation is 2. The van der Waals surface area contributed by atoms with Crippen LogP contribution < -0.4 is 14.2 Å². The summed E-state index contributed by atoms with van der Waals surface area (Å²) in [5, 5.41) is 1.98. The number of thioether (sulfide) groups is 1. The lowest BCUT2D eigenvalue weighted by atomic mass is 10.2. The highest BCUT2D eigenvalue weighted by atomic mass is 32.2. The molecule has 1 aliphatic rings. The van der Waals surface area contributed by atoms with Crippen LogP contribution in [0.3, 0.4) is 0 Å². The van der Waals surface area contributed by atoms with Gasteiger partial charge in [-0.2, -0.15) is 4.57 Å². The van der Waals surface area contributed by atoms with Gasteiger partial charge in [0.05, 0.1) is 24.4 Å². The average Bonchev–Trinajstić information content (AvgIpc) is 3.26. The van der Waals surface area contributed by atoms with Gasteiger partial charge in [0.2, 0.25) is 5.52 Å². The van der Waals surface area contributed by atoms with E-state index in [1.807, 2.05) is 41.5 Å². The van der Waals surface area contributed by atoms with Crippen molar-refractivity contribution in [3.63, 3.8) is 0 Å². The van der Waals surface area contributed by atoms with Crippen LogP contribution in [0.4, 0.5) is 14.5 Å². The standard InChI is InChI=1S/C24H25F2N2OS2/c1-16-4-6-21-19(12-16)27(10-8-25)23(30-21)13-17(2)14-24-28(11-9-26)20-15-18(29-3)5-7-22(20)31-24/h4-7,12-15H,8-11H2,1-3H3/q+1. The number of fused-ring (bicyclic) bond motifs is 2. The number of hydrogen-bond acceptors (Lipinski definition) is 4. The maximum absolute atomic E-state index is 13.3. The molecule has 0 N–H and O–H groups in total. The molecular weight excluding hydrogens is 434 g/mol. The molecule has 0 spiro atoms. The fourth-order valence-electron chi connectivity index (χ4n) is 3.70. The van der Waals surface area contributed by atoms with E-state index >= 15 is 0 Å². The molecule has 0 saturated carbocycles. The monoisotopic (exact) mass is 459 g/mol. The van der Waals surface area contributed by atoms with Crippen LogP contribution in [0.1, 0.15) is 17.5 Å². The molecule has 0 amide bonds. The Hall–Kier alpha value is -2.38. The minimum atomic E-state index is -0.441. The van der Waals surface area contributed by atoms with E-state index in [-0.39, 0.29) is 6.54 Å². The van der Waals surface area contributed by atoms with Gasteiger partial charge in [0.1, 0.15) is 23.8 Å². The Morgan fingerprint density at radius 3 is 2.74 bits per heavy atom. The zero-order valence-electron chi connectivity index (χ0n) is 17.8. The van der Waals surface area contributed by atoms with Crippen molar-refractivity contribution in [2.75, 3.05) is 31.9 Å². The fraction of sp³-hybridized carbons (Fsp3) is 0.292. The number of halogens is 2. The summed E-state index contributed by atoms with van der Waals surface area (Å²) < 4.78 is 35.1. The Labute approximate surface area is 189 Å². The minimum Gasteiger partial charge on any atom is -0.497 e. The lowest BCUT2D eigenvalue weighted by Gasteiger charge is -2.19. The van der Waals surface area contributed by atoms with Crippen molar-refractivity contribution in [3.8, 4) is 5.75 Å². The molecule has 0 atom stereocenters. The van der Waals surface area contributed by atoms with E-state index in [1.165, 1.54) is 0 Å². The van der Waals surface area contributed by atoms with Gasteiger partial charge in [-0.25, -0.2) is 8.78 Å². The largest absolute Gasteiger partial charge is 0.497 e.